The van der Waals surface area contributed by atoms with Crippen LogP contribution in [0.4, 0.5) is 4.79 Å². The molecule has 1 atom stereocenters. The van der Waals surface area contributed by atoms with E-state index < -0.39 is 0 Å². The zero-order chi connectivity index (χ0) is 10.6. The van der Waals surface area contributed by atoms with Crippen molar-refractivity contribution in [1.29, 1.82) is 0 Å². The summed E-state index contributed by atoms with van der Waals surface area (Å²) in [5, 5.41) is 0. The van der Waals surface area contributed by atoms with Crippen molar-refractivity contribution in [2.75, 3.05) is 26.8 Å². The Hall–Kier alpha value is -0.770. The molecule has 0 saturated carbocycles. The molecule has 1 amide bonds. The highest BCUT2D eigenvalue weighted by Crippen LogP contribution is 2.17. The van der Waals surface area contributed by atoms with E-state index in [1.165, 1.54) is 0 Å². The molecule has 0 aliphatic carbocycles. The van der Waals surface area contributed by atoms with Gasteiger partial charge in [-0.3, -0.25) is 0 Å². The molecule has 4 nitrogen and oxygen atoms in total. The van der Waals surface area contributed by atoms with Gasteiger partial charge in [0, 0.05) is 26.1 Å². The normalized spacial score (nSPS) is 21.7. The number of carbonyl (C=O) groups excluding carboxylic acids is 1. The minimum absolute atomic E-state index is 0.0380. The van der Waals surface area contributed by atoms with Crippen LogP contribution in [-0.2, 0) is 9.47 Å². The molecule has 0 aromatic heterocycles. The van der Waals surface area contributed by atoms with Crippen molar-refractivity contribution in [2.45, 2.75) is 26.4 Å². The smallest absolute Gasteiger partial charge is 0.410 e. The van der Waals surface area contributed by atoms with Gasteiger partial charge in [0.05, 0.1) is 12.7 Å². The minimum Gasteiger partial charge on any atom is -0.447 e. The first-order valence-corrected chi connectivity index (χ1v) is 5.08. The van der Waals surface area contributed by atoms with E-state index in [4.69, 9.17) is 9.47 Å². The number of methoxy groups -OCH3 is 1. The molecule has 1 unspecified atom stereocenters. The highest BCUT2D eigenvalue weighted by atomic mass is 16.6. The summed E-state index contributed by atoms with van der Waals surface area (Å²) in [6, 6.07) is 0. The molecule has 0 aromatic rings. The maximum Gasteiger partial charge on any atom is 0.410 e. The summed E-state index contributed by atoms with van der Waals surface area (Å²) >= 11 is 0. The number of hydrogen-bond donors (Lipinski definition) is 0. The summed E-state index contributed by atoms with van der Waals surface area (Å²) < 4.78 is 10.2. The predicted octanol–water partition coefficient (Wildman–Crippen LogP) is 1.50. The Labute approximate surface area is 85.2 Å². The first kappa shape index (κ1) is 11.3. The Bertz CT molecular complexity index is 194. The topological polar surface area (TPSA) is 38.8 Å². The SMILES string of the molecule is COCC1CCN(C(=O)OC(C)C)C1. The number of amides is 1. The molecule has 1 saturated heterocycles. The van der Waals surface area contributed by atoms with Crippen molar-refractivity contribution < 1.29 is 14.3 Å². The summed E-state index contributed by atoms with van der Waals surface area (Å²) in [5.74, 6) is 0.472. The lowest BCUT2D eigenvalue weighted by atomic mass is 10.1. The number of rotatable bonds is 3. The van der Waals surface area contributed by atoms with Crippen LogP contribution in [0.3, 0.4) is 0 Å². The number of ether oxygens (including phenoxy) is 2. The van der Waals surface area contributed by atoms with Gasteiger partial charge in [0.1, 0.15) is 0 Å². The summed E-state index contributed by atoms with van der Waals surface area (Å²) in [6.45, 7) is 6.01. The first-order chi connectivity index (χ1) is 6.63. The zero-order valence-corrected chi connectivity index (χ0v) is 9.16. The van der Waals surface area contributed by atoms with Crippen LogP contribution in [0.15, 0.2) is 0 Å². The summed E-state index contributed by atoms with van der Waals surface area (Å²) in [4.78, 5) is 13.2. The maximum atomic E-state index is 11.5. The third kappa shape index (κ3) is 3.18. The van der Waals surface area contributed by atoms with E-state index >= 15 is 0 Å². The lowest BCUT2D eigenvalue weighted by molar-refractivity contribution is 0.0803. The molecule has 1 fully saturated rings. The van der Waals surface area contributed by atoms with Crippen molar-refractivity contribution >= 4 is 6.09 Å². The summed E-state index contributed by atoms with van der Waals surface area (Å²) in [7, 11) is 1.69. The van der Waals surface area contributed by atoms with Gasteiger partial charge in [-0.1, -0.05) is 0 Å². The Morgan fingerprint density at radius 1 is 1.57 bits per heavy atom. The van der Waals surface area contributed by atoms with Crippen LogP contribution < -0.4 is 0 Å². The van der Waals surface area contributed by atoms with Crippen LogP contribution in [0.1, 0.15) is 20.3 Å². The Morgan fingerprint density at radius 3 is 2.86 bits per heavy atom. The zero-order valence-electron chi connectivity index (χ0n) is 9.16. The van der Waals surface area contributed by atoms with Crippen molar-refractivity contribution in [3.05, 3.63) is 0 Å². The molecular formula is C10H19NO3. The van der Waals surface area contributed by atoms with Crippen molar-refractivity contribution in [2.24, 2.45) is 5.92 Å². The van der Waals surface area contributed by atoms with Crippen LogP contribution in [0.5, 0.6) is 0 Å². The van der Waals surface area contributed by atoms with Crippen LogP contribution in [0, 0.1) is 5.92 Å². The third-order valence-electron chi connectivity index (χ3n) is 2.28. The van der Waals surface area contributed by atoms with Crippen LogP contribution >= 0.6 is 0 Å². The Balaban J connectivity index is 2.30. The van der Waals surface area contributed by atoms with E-state index in [9.17, 15) is 4.79 Å². The standard InChI is InChI=1S/C10H19NO3/c1-8(2)14-10(12)11-5-4-9(6-11)7-13-3/h8-9H,4-7H2,1-3H3. The second kappa shape index (κ2) is 5.20. The molecule has 82 valence electrons. The van der Waals surface area contributed by atoms with Gasteiger partial charge in [0.15, 0.2) is 0 Å². The molecule has 0 aromatic carbocycles. The molecule has 1 aliphatic heterocycles. The van der Waals surface area contributed by atoms with E-state index in [1.54, 1.807) is 12.0 Å². The van der Waals surface area contributed by atoms with Crippen molar-refractivity contribution in [3.8, 4) is 0 Å². The van der Waals surface area contributed by atoms with E-state index in [2.05, 4.69) is 0 Å². The number of nitrogens with zero attached hydrogens (tertiary/aromatic N) is 1. The monoisotopic (exact) mass is 201 g/mol. The Morgan fingerprint density at radius 2 is 2.29 bits per heavy atom. The van der Waals surface area contributed by atoms with Gasteiger partial charge in [-0.15, -0.1) is 0 Å². The second-order valence-electron chi connectivity index (χ2n) is 3.99. The van der Waals surface area contributed by atoms with Crippen LogP contribution in [0.2, 0.25) is 0 Å². The van der Waals surface area contributed by atoms with Crippen molar-refractivity contribution in [1.82, 2.24) is 4.90 Å². The predicted molar refractivity (Wildman–Crippen MR) is 53.2 cm³/mol. The average Bonchev–Trinajstić information content (AvgIpc) is 2.52. The maximum absolute atomic E-state index is 11.5. The quantitative estimate of drug-likeness (QED) is 0.694. The molecule has 1 aliphatic rings. The fraction of sp³-hybridized carbons (Fsp3) is 0.900. The molecule has 4 heteroatoms. The Kier molecular flexibility index (Phi) is 4.20. The molecule has 1 heterocycles. The first-order valence-electron chi connectivity index (χ1n) is 5.08. The highest BCUT2D eigenvalue weighted by Gasteiger charge is 2.27. The molecule has 0 bridgehead atoms. The number of likely N-dealkylation sites (tertiary alicyclic amines) is 1. The summed E-state index contributed by atoms with van der Waals surface area (Å²) in [5.41, 5.74) is 0. The van der Waals surface area contributed by atoms with E-state index in [1.807, 2.05) is 13.8 Å². The van der Waals surface area contributed by atoms with Crippen LogP contribution in [0.25, 0.3) is 0 Å². The fourth-order valence-corrected chi connectivity index (χ4v) is 1.65. The van der Waals surface area contributed by atoms with Gasteiger partial charge >= 0.3 is 6.09 Å². The van der Waals surface area contributed by atoms with Gasteiger partial charge in [-0.25, -0.2) is 4.79 Å². The molecule has 0 radical (unpaired) electrons. The highest BCUT2D eigenvalue weighted by molar-refractivity contribution is 5.68. The van der Waals surface area contributed by atoms with Gasteiger partial charge in [-0.2, -0.15) is 0 Å². The molecule has 1 rings (SSSR count). The number of carbonyl (C=O) groups is 1. The van der Waals surface area contributed by atoms with E-state index in [-0.39, 0.29) is 12.2 Å². The lowest BCUT2D eigenvalue weighted by Crippen LogP contribution is -2.31. The van der Waals surface area contributed by atoms with Crippen LogP contribution in [-0.4, -0.2) is 43.9 Å². The van der Waals surface area contributed by atoms with E-state index in [0.717, 1.165) is 26.1 Å². The van der Waals surface area contributed by atoms with Gasteiger partial charge in [0.2, 0.25) is 0 Å². The third-order valence-corrected chi connectivity index (χ3v) is 2.28. The second-order valence-corrected chi connectivity index (χ2v) is 3.99. The molecular weight excluding hydrogens is 182 g/mol. The summed E-state index contributed by atoms with van der Waals surface area (Å²) in [6.07, 6.45) is 0.781. The van der Waals surface area contributed by atoms with Gasteiger partial charge in [-0.05, 0) is 20.3 Å². The van der Waals surface area contributed by atoms with Crippen molar-refractivity contribution in [3.63, 3.8) is 0 Å². The fourth-order valence-electron chi connectivity index (χ4n) is 1.65. The lowest BCUT2D eigenvalue weighted by Gasteiger charge is -2.17. The number of hydrogen-bond acceptors (Lipinski definition) is 3. The molecule has 0 N–H and O–H groups in total. The molecule has 0 spiro atoms. The minimum atomic E-state index is -0.196. The van der Waals surface area contributed by atoms with Gasteiger partial charge < -0.3 is 14.4 Å². The average molecular weight is 201 g/mol. The molecule has 14 heavy (non-hydrogen) atoms. The largest absolute Gasteiger partial charge is 0.447 e. The van der Waals surface area contributed by atoms with Gasteiger partial charge in [0.25, 0.3) is 0 Å². The van der Waals surface area contributed by atoms with E-state index in [0.29, 0.717) is 5.92 Å².